The molecule has 0 bridgehead atoms. The predicted octanol–water partition coefficient (Wildman–Crippen LogP) is 14.3. The van der Waals surface area contributed by atoms with Crippen molar-refractivity contribution in [2.45, 2.75) is 140 Å². The molecule has 0 fully saturated rings. The van der Waals surface area contributed by atoms with Crippen molar-refractivity contribution in [2.75, 3.05) is 65.9 Å². The number of methoxy groups -OCH3 is 2. The third-order valence-electron chi connectivity index (χ3n) is 5.55. The van der Waals surface area contributed by atoms with E-state index in [0.29, 0.717) is 0 Å². The molecule has 0 saturated heterocycles. The first kappa shape index (κ1) is 104. The molecule has 0 saturated carbocycles. The maximum absolute atomic E-state index is 11.6. The third kappa shape index (κ3) is 61.1. The second-order valence-corrected chi connectivity index (χ2v) is 17.0. The summed E-state index contributed by atoms with van der Waals surface area (Å²) in [4.78, 5) is 28.7. The van der Waals surface area contributed by atoms with Gasteiger partial charge < -0.3 is 19.6 Å². The van der Waals surface area contributed by atoms with Gasteiger partial charge in [0.25, 0.3) is 0 Å². The van der Waals surface area contributed by atoms with Gasteiger partial charge >= 0.3 is 18.3 Å². The minimum Gasteiger partial charge on any atom is -0.469 e. The Labute approximate surface area is 398 Å². The van der Waals surface area contributed by atoms with Gasteiger partial charge in [-0.1, -0.05) is 129 Å². The number of fused-ring (bicyclic) bond motifs is 3. The standard InChI is InChI=1S/C15H14.C5H6F6.C3H7NO.C3H6O2.C3H6O.C2H6O2S.C2H6OS.C2H6O.C2H6S.9CH4/c1-15(2)13-9-5-3-7-11(13)12-8-4-6-10-14(12)15;1-3(2,4(6,7)8)5(9,10)11;1-3(5)4-2;1-3(4)5-2;1-3(2)4;1-5(2,3)4;1-4(2)3;2*1-3-2;;;;;;;;;/h3-10H,1-2H3;1-2H3;1-2H3,(H,4,5);1-2H3;1-2H3;1-2H3;1-2H3;2*1-2H3;9*1H4. The highest BCUT2D eigenvalue weighted by Crippen LogP contribution is 2.49. The Hall–Kier alpha value is -2.96. The van der Waals surface area contributed by atoms with Crippen LogP contribution >= 0.6 is 11.8 Å². The summed E-state index contributed by atoms with van der Waals surface area (Å²) in [7, 11) is 2.92. The molecule has 0 unspecified atom stereocenters. The quantitative estimate of drug-likeness (QED) is 0.202. The molecule has 1 N–H and O–H groups in total. The summed E-state index contributed by atoms with van der Waals surface area (Å²) in [5, 5.41) is 2.39. The molecule has 3 rings (SSSR count). The zero-order chi connectivity index (χ0) is 45.6. The Bertz CT molecular complexity index is 1380. The van der Waals surface area contributed by atoms with Gasteiger partial charge in [0.15, 0.2) is 5.41 Å². The number of ketones is 1. The fraction of sp³-hybridized carbons (Fsp3) is 0.674. The van der Waals surface area contributed by atoms with Gasteiger partial charge in [0.2, 0.25) is 5.91 Å². The Morgan fingerprint density at radius 3 is 0.922 bits per heavy atom. The molecule has 0 heterocycles. The first-order chi connectivity index (χ1) is 24.5. The fourth-order valence-electron chi connectivity index (χ4n) is 2.83. The van der Waals surface area contributed by atoms with Crippen LogP contribution in [0.25, 0.3) is 11.1 Å². The van der Waals surface area contributed by atoms with Gasteiger partial charge in [0.1, 0.15) is 15.6 Å². The molecule has 0 atom stereocenters. The average Bonchev–Trinajstić information content (AvgIpc) is 3.23. The molecule has 1 amide bonds. The number of amides is 1. The van der Waals surface area contributed by atoms with E-state index >= 15 is 0 Å². The van der Waals surface area contributed by atoms with Crippen LogP contribution < -0.4 is 5.32 Å². The molecule has 64 heavy (non-hydrogen) atoms. The van der Waals surface area contributed by atoms with Crippen molar-refractivity contribution in [3.05, 3.63) is 59.7 Å². The van der Waals surface area contributed by atoms with Crippen LogP contribution in [0.15, 0.2) is 48.5 Å². The lowest BCUT2D eigenvalue weighted by atomic mass is 9.82. The van der Waals surface area contributed by atoms with Crippen molar-refractivity contribution in [1.82, 2.24) is 5.32 Å². The molecule has 2 aromatic carbocycles. The predicted molar refractivity (Wildman–Crippen MR) is 277 cm³/mol. The van der Waals surface area contributed by atoms with E-state index in [-0.39, 0.29) is 104 Å². The molecule has 0 radical (unpaired) electrons. The number of Topliss-reactive ketones (excluding diaryl/α,β-unsaturated/α-hetero) is 1. The van der Waals surface area contributed by atoms with E-state index in [0.717, 1.165) is 12.5 Å². The van der Waals surface area contributed by atoms with Gasteiger partial charge in [-0.15, -0.1) is 0 Å². The number of alkyl halides is 6. The minimum atomic E-state index is -5.24. The highest BCUT2D eigenvalue weighted by atomic mass is 32.2. The zero-order valence-electron chi connectivity index (χ0n) is 35.4. The molecule has 0 aromatic heterocycles. The number of rotatable bonds is 0. The van der Waals surface area contributed by atoms with Crippen LogP contribution in [0.2, 0.25) is 0 Å². The van der Waals surface area contributed by atoms with Crippen molar-refractivity contribution in [1.29, 1.82) is 0 Å². The monoisotopic (exact) mass is 1000 g/mol. The summed E-state index contributed by atoms with van der Waals surface area (Å²) >= 11 is 1.75. The van der Waals surface area contributed by atoms with E-state index in [1.165, 1.54) is 57.1 Å². The van der Waals surface area contributed by atoms with Gasteiger partial charge in [-0.25, -0.2) is 8.42 Å². The largest absolute Gasteiger partial charge is 0.469 e. The Morgan fingerprint density at radius 1 is 0.656 bits per heavy atom. The normalized spacial score (nSPS) is 9.83. The summed E-state index contributed by atoms with van der Waals surface area (Å²) in [6.45, 7) is 10.7. The van der Waals surface area contributed by atoms with E-state index in [2.05, 4.69) is 77.2 Å². The van der Waals surface area contributed by atoms with E-state index in [1.54, 1.807) is 45.5 Å². The number of hydrogen-bond acceptors (Lipinski definition) is 9. The molecule has 1 aliphatic carbocycles. The van der Waals surface area contributed by atoms with Crippen molar-refractivity contribution < 1.29 is 62.8 Å². The number of carbonyl (C=O) groups is 3. The van der Waals surface area contributed by atoms with Crippen molar-refractivity contribution >= 4 is 50.1 Å². The van der Waals surface area contributed by atoms with E-state index < -0.39 is 38.4 Å². The van der Waals surface area contributed by atoms with Crippen LogP contribution in [-0.2, 0) is 49.9 Å². The van der Waals surface area contributed by atoms with Gasteiger partial charge in [-0.3, -0.25) is 13.8 Å². The maximum atomic E-state index is 11.6. The van der Waals surface area contributed by atoms with Crippen LogP contribution in [0.1, 0.15) is 133 Å². The first-order valence-electron chi connectivity index (χ1n) is 15.8. The number of hydrogen-bond donors (Lipinski definition) is 1. The number of esters is 1. The highest BCUT2D eigenvalue weighted by Gasteiger charge is 2.64. The molecule has 2 aromatic rings. The van der Waals surface area contributed by atoms with Crippen LogP contribution in [0.5, 0.6) is 0 Å². The average molecular weight is 1000 g/mol. The lowest BCUT2D eigenvalue weighted by Crippen LogP contribution is -2.44. The second kappa shape index (κ2) is 52.7. The van der Waals surface area contributed by atoms with Gasteiger partial charge in [0.05, 0.1) is 7.11 Å². The first-order valence-corrected chi connectivity index (χ1v) is 21.7. The Morgan fingerprint density at radius 2 is 0.812 bits per heavy atom. The van der Waals surface area contributed by atoms with Crippen molar-refractivity contribution in [3.63, 3.8) is 0 Å². The van der Waals surface area contributed by atoms with Gasteiger partial charge in [-0.05, 0) is 62.5 Å². The van der Waals surface area contributed by atoms with Crippen LogP contribution in [0, 0.1) is 5.41 Å². The van der Waals surface area contributed by atoms with Crippen LogP contribution in [-0.4, -0.2) is 109 Å². The number of benzene rings is 2. The number of sulfone groups is 1. The Kier molecular flexibility index (Phi) is 85.4. The molecule has 396 valence electrons. The SMILES string of the molecule is C.C.C.C.C.C.C.C.C.CC(C)(C(F)(F)F)C(F)(F)F.CC(C)=O.CC1(C)c2ccccc2-c2ccccc21.CNC(C)=O.COC.COC(C)=O.CS(C)(=O)=O.CS(C)=O.CSC. The summed E-state index contributed by atoms with van der Waals surface area (Å²) in [6.07, 6.45) is -0.809. The van der Waals surface area contributed by atoms with E-state index in [1.807, 2.05) is 12.5 Å². The minimum absolute atomic E-state index is 0. The van der Waals surface area contributed by atoms with Gasteiger partial charge in [-0.2, -0.15) is 38.1 Å². The number of halogens is 6. The Balaban J connectivity index is -0.0000000341. The van der Waals surface area contributed by atoms with E-state index in [9.17, 15) is 53.4 Å². The van der Waals surface area contributed by atoms with E-state index in [4.69, 9.17) is 0 Å². The third-order valence-corrected chi connectivity index (χ3v) is 5.55. The summed E-state index contributed by atoms with van der Waals surface area (Å²) in [5.41, 5.74) is 2.24. The van der Waals surface area contributed by atoms with Gasteiger partial charge in [0, 0.05) is 76.4 Å². The van der Waals surface area contributed by atoms with Crippen molar-refractivity contribution in [3.8, 4) is 11.1 Å². The summed E-state index contributed by atoms with van der Waals surface area (Å²) in [6, 6.07) is 17.4. The summed E-state index contributed by atoms with van der Waals surface area (Å²) in [5.74, 6) is -0.0741. The molecule has 9 nitrogen and oxygen atoms in total. The number of ether oxygens (including phenoxy) is 2. The van der Waals surface area contributed by atoms with Crippen molar-refractivity contribution in [2.24, 2.45) is 5.41 Å². The molecule has 1 aliphatic rings. The molecular weight excluding hydrogens is 905 g/mol. The lowest BCUT2D eigenvalue weighted by molar-refractivity contribution is -0.327. The second-order valence-electron chi connectivity index (χ2n) is 12.4. The molecular formula is C46H99F6NO8S3. The highest BCUT2D eigenvalue weighted by molar-refractivity contribution is 7.97. The zero-order valence-corrected chi connectivity index (χ0v) is 37.8. The summed E-state index contributed by atoms with van der Waals surface area (Å²) < 4.78 is 107. The smallest absolute Gasteiger partial charge is 0.402 e. The van der Waals surface area contributed by atoms with Crippen LogP contribution in [0.4, 0.5) is 26.3 Å². The topological polar surface area (TPSA) is 133 Å². The lowest BCUT2D eigenvalue weighted by Gasteiger charge is -2.29. The molecule has 0 aliphatic heterocycles. The maximum Gasteiger partial charge on any atom is 0.402 e. The molecule has 0 spiro atoms. The number of nitrogens with one attached hydrogen (secondary N) is 1. The fourth-order valence-corrected chi connectivity index (χ4v) is 2.83. The number of thioether (sulfide) groups is 1. The number of carbonyl (C=O) groups excluding carboxylic acids is 3. The van der Waals surface area contributed by atoms with Crippen LogP contribution in [0.3, 0.4) is 0 Å². The molecule has 18 heteroatoms.